The second kappa shape index (κ2) is 6.75. The molecule has 2 aromatic heterocycles. The number of carbonyl (C=O) groups excluding carboxylic acids is 1. The number of aryl methyl sites for hydroxylation is 1. The molecule has 8 nitrogen and oxygen atoms in total. The van der Waals surface area contributed by atoms with E-state index >= 15 is 0 Å². The summed E-state index contributed by atoms with van der Waals surface area (Å²) in [6.07, 6.45) is 0. The average Bonchev–Trinajstić information content (AvgIpc) is 2.99. The first kappa shape index (κ1) is 16.1. The molecule has 0 saturated carbocycles. The van der Waals surface area contributed by atoms with Crippen molar-refractivity contribution in [1.29, 1.82) is 0 Å². The van der Waals surface area contributed by atoms with E-state index in [4.69, 9.17) is 0 Å². The summed E-state index contributed by atoms with van der Waals surface area (Å²) >= 11 is 1.36. The number of rotatable bonds is 5. The molecule has 1 amide bonds. The number of nitrogens with one attached hydrogen (secondary N) is 3. The predicted octanol–water partition coefficient (Wildman–Crippen LogP) is 0.822. The summed E-state index contributed by atoms with van der Waals surface area (Å²) in [5, 5.41) is 2.79. The van der Waals surface area contributed by atoms with Crippen LogP contribution in [0.5, 0.6) is 0 Å². The second-order valence-corrected chi connectivity index (χ2v) is 6.09. The number of thioether (sulfide) groups is 1. The molecule has 0 radical (unpaired) electrons. The maximum absolute atomic E-state index is 11.9. The van der Waals surface area contributed by atoms with E-state index < -0.39 is 11.2 Å². The molecule has 1 aromatic carbocycles. The van der Waals surface area contributed by atoms with Crippen molar-refractivity contribution in [3.05, 3.63) is 57.0 Å². The van der Waals surface area contributed by atoms with Crippen LogP contribution in [0, 0.1) is 0 Å². The van der Waals surface area contributed by atoms with Crippen LogP contribution < -0.4 is 16.6 Å². The third-order valence-corrected chi connectivity index (χ3v) is 4.28. The second-order valence-electron chi connectivity index (χ2n) is 5.11. The number of aromatic amines is 2. The van der Waals surface area contributed by atoms with Gasteiger partial charge in [-0.3, -0.25) is 19.1 Å². The first-order valence-electron chi connectivity index (χ1n) is 7.15. The molecule has 0 saturated heterocycles. The topological polar surface area (TPSA) is 113 Å². The van der Waals surface area contributed by atoms with Gasteiger partial charge in [-0.15, -0.1) is 11.8 Å². The molecule has 0 unspecified atom stereocenters. The van der Waals surface area contributed by atoms with Crippen molar-refractivity contribution < 1.29 is 4.79 Å². The quantitative estimate of drug-likeness (QED) is 0.634. The fourth-order valence-electron chi connectivity index (χ4n) is 2.18. The van der Waals surface area contributed by atoms with E-state index in [1.807, 2.05) is 30.3 Å². The van der Waals surface area contributed by atoms with E-state index in [1.165, 1.54) is 23.4 Å². The van der Waals surface area contributed by atoms with E-state index in [0.717, 1.165) is 5.69 Å². The number of amides is 1. The maximum Gasteiger partial charge on any atom is 0.329 e. The number of benzene rings is 1. The lowest BCUT2D eigenvalue weighted by atomic mass is 10.3. The van der Waals surface area contributed by atoms with Crippen LogP contribution in [0.2, 0.25) is 0 Å². The van der Waals surface area contributed by atoms with Crippen LogP contribution in [0.3, 0.4) is 0 Å². The van der Waals surface area contributed by atoms with Crippen molar-refractivity contribution in [2.24, 2.45) is 7.05 Å². The molecule has 9 heteroatoms. The number of imidazole rings is 1. The van der Waals surface area contributed by atoms with E-state index in [-0.39, 0.29) is 17.2 Å². The number of nitrogens with zero attached hydrogens (tertiary/aromatic N) is 2. The lowest BCUT2D eigenvalue weighted by molar-refractivity contribution is -0.113. The maximum atomic E-state index is 11.9. The van der Waals surface area contributed by atoms with E-state index in [9.17, 15) is 14.4 Å². The third kappa shape index (κ3) is 3.40. The highest BCUT2D eigenvalue weighted by Gasteiger charge is 2.11. The minimum Gasteiger partial charge on any atom is -0.335 e. The minimum absolute atomic E-state index is 0.118. The molecule has 2 heterocycles. The SMILES string of the molecule is Cn1c(=O)[nH]c(=O)c2[nH]c(CSCC(=O)Nc3ccccc3)nc21. The predicted molar refractivity (Wildman–Crippen MR) is 93.2 cm³/mol. The third-order valence-electron chi connectivity index (χ3n) is 3.33. The van der Waals surface area contributed by atoms with Gasteiger partial charge in [0.2, 0.25) is 5.91 Å². The van der Waals surface area contributed by atoms with Gasteiger partial charge in [0.1, 0.15) is 11.3 Å². The van der Waals surface area contributed by atoms with Gasteiger partial charge in [-0.25, -0.2) is 9.78 Å². The Morgan fingerprint density at radius 3 is 2.75 bits per heavy atom. The van der Waals surface area contributed by atoms with Gasteiger partial charge in [0.25, 0.3) is 5.56 Å². The Kier molecular flexibility index (Phi) is 4.52. The van der Waals surface area contributed by atoms with Crippen molar-refractivity contribution in [3.63, 3.8) is 0 Å². The number of para-hydroxylation sites is 1. The summed E-state index contributed by atoms with van der Waals surface area (Å²) in [5.41, 5.74) is 0.280. The largest absolute Gasteiger partial charge is 0.335 e. The normalized spacial score (nSPS) is 10.9. The summed E-state index contributed by atoms with van der Waals surface area (Å²) in [6, 6.07) is 9.20. The Balaban J connectivity index is 1.63. The Hall–Kier alpha value is -2.81. The molecule has 0 atom stereocenters. The first-order valence-corrected chi connectivity index (χ1v) is 8.30. The fraction of sp³-hybridized carbons (Fsp3) is 0.200. The lowest BCUT2D eigenvalue weighted by Crippen LogP contribution is -2.28. The van der Waals surface area contributed by atoms with Gasteiger partial charge < -0.3 is 10.3 Å². The van der Waals surface area contributed by atoms with Crippen LogP contribution in [0.1, 0.15) is 5.82 Å². The monoisotopic (exact) mass is 345 g/mol. The highest BCUT2D eigenvalue weighted by atomic mass is 32.2. The smallest absolute Gasteiger partial charge is 0.329 e. The highest BCUT2D eigenvalue weighted by molar-refractivity contribution is 7.99. The van der Waals surface area contributed by atoms with Crippen LogP contribution in [0.4, 0.5) is 5.69 Å². The standard InChI is InChI=1S/C15H15N5O3S/c1-20-13-12(14(22)19-15(20)23)17-10(18-13)7-24-8-11(21)16-9-5-3-2-4-6-9/h2-6H,7-8H2,1H3,(H,16,21)(H,17,18)(H,19,22,23). The average molecular weight is 345 g/mol. The molecular formula is C15H15N5O3S. The molecule has 0 aliphatic rings. The van der Waals surface area contributed by atoms with Gasteiger partial charge in [-0.1, -0.05) is 18.2 Å². The summed E-state index contributed by atoms with van der Waals surface area (Å²) in [7, 11) is 1.53. The molecule has 0 fully saturated rings. The zero-order valence-corrected chi connectivity index (χ0v) is 13.6. The van der Waals surface area contributed by atoms with Gasteiger partial charge >= 0.3 is 5.69 Å². The van der Waals surface area contributed by atoms with Crippen molar-refractivity contribution >= 4 is 34.5 Å². The fourth-order valence-corrected chi connectivity index (χ4v) is 2.87. The molecule has 0 bridgehead atoms. The molecule has 3 N–H and O–H groups in total. The molecule has 3 aromatic rings. The van der Waals surface area contributed by atoms with E-state index in [1.54, 1.807) is 0 Å². The zero-order chi connectivity index (χ0) is 17.1. The Morgan fingerprint density at radius 1 is 1.25 bits per heavy atom. The molecular weight excluding hydrogens is 330 g/mol. The summed E-state index contributed by atoms with van der Waals surface area (Å²) in [5.74, 6) is 1.09. The van der Waals surface area contributed by atoms with Gasteiger partial charge in [0.15, 0.2) is 5.65 Å². The number of carbonyl (C=O) groups is 1. The number of aromatic nitrogens is 4. The first-order chi connectivity index (χ1) is 11.5. The Morgan fingerprint density at radius 2 is 2.00 bits per heavy atom. The zero-order valence-electron chi connectivity index (χ0n) is 12.8. The van der Waals surface area contributed by atoms with Gasteiger partial charge in [-0.05, 0) is 12.1 Å². The van der Waals surface area contributed by atoms with Crippen LogP contribution in [-0.2, 0) is 17.6 Å². The molecule has 3 rings (SSSR count). The summed E-state index contributed by atoms with van der Waals surface area (Å²) < 4.78 is 1.27. The van der Waals surface area contributed by atoms with Crippen LogP contribution in [-0.4, -0.2) is 31.2 Å². The van der Waals surface area contributed by atoms with Crippen molar-refractivity contribution in [1.82, 2.24) is 19.5 Å². The van der Waals surface area contributed by atoms with E-state index in [0.29, 0.717) is 17.2 Å². The van der Waals surface area contributed by atoms with Crippen LogP contribution in [0.25, 0.3) is 11.2 Å². The van der Waals surface area contributed by atoms with Gasteiger partial charge in [0, 0.05) is 12.7 Å². The van der Waals surface area contributed by atoms with Gasteiger partial charge in [0.05, 0.1) is 11.5 Å². The van der Waals surface area contributed by atoms with Crippen LogP contribution in [0.15, 0.2) is 39.9 Å². The van der Waals surface area contributed by atoms with Crippen molar-refractivity contribution in [2.45, 2.75) is 5.75 Å². The van der Waals surface area contributed by atoms with Gasteiger partial charge in [-0.2, -0.15) is 0 Å². The number of hydrogen-bond acceptors (Lipinski definition) is 5. The van der Waals surface area contributed by atoms with Crippen molar-refractivity contribution in [3.8, 4) is 0 Å². The molecule has 24 heavy (non-hydrogen) atoms. The summed E-state index contributed by atoms with van der Waals surface area (Å²) in [6.45, 7) is 0. The number of fused-ring (bicyclic) bond motifs is 1. The Labute approximate surface area is 140 Å². The summed E-state index contributed by atoms with van der Waals surface area (Å²) in [4.78, 5) is 44.5. The minimum atomic E-state index is -0.513. The van der Waals surface area contributed by atoms with Crippen molar-refractivity contribution in [2.75, 3.05) is 11.1 Å². The molecule has 0 aliphatic heterocycles. The number of H-pyrrole nitrogens is 2. The van der Waals surface area contributed by atoms with E-state index in [2.05, 4.69) is 20.3 Å². The lowest BCUT2D eigenvalue weighted by Gasteiger charge is -2.03. The molecule has 0 aliphatic carbocycles. The Bertz CT molecular complexity index is 990. The molecule has 124 valence electrons. The number of anilines is 1. The van der Waals surface area contributed by atoms with Crippen LogP contribution >= 0.6 is 11.8 Å². The highest BCUT2D eigenvalue weighted by Crippen LogP contribution is 2.13. The molecule has 0 spiro atoms. The number of hydrogen-bond donors (Lipinski definition) is 3.